The minimum atomic E-state index is -8.44. The van der Waals surface area contributed by atoms with Gasteiger partial charge in [0.25, 0.3) is 0 Å². The molecular weight excluding hydrogens is 503 g/mol. The summed E-state index contributed by atoms with van der Waals surface area (Å²) in [5, 5.41) is 5.67. The summed E-state index contributed by atoms with van der Waals surface area (Å²) in [6.07, 6.45) is -7.70. The Morgan fingerprint density at radius 1 is 0.719 bits per heavy atom. The van der Waals surface area contributed by atoms with Crippen LogP contribution in [0.1, 0.15) is 23.1 Å². The number of esters is 1. The molecule has 0 aliphatic heterocycles. The number of halogens is 15. The highest BCUT2D eigenvalue weighted by atomic mass is 19.4. The summed E-state index contributed by atoms with van der Waals surface area (Å²) >= 11 is 0. The fraction of sp³-hybridized carbons (Fsp3) is 0.750. The van der Waals surface area contributed by atoms with E-state index in [9.17, 15) is 70.7 Å². The van der Waals surface area contributed by atoms with Crippen molar-refractivity contribution >= 4 is 5.97 Å². The molecule has 1 heterocycles. The minimum Gasteiger partial charge on any atom is -0.461 e. The molecule has 1 rings (SSSR count). The molecule has 0 fully saturated rings. The number of aromatic amines is 1. The van der Waals surface area contributed by atoms with Gasteiger partial charge in [-0.3, -0.25) is 0 Å². The lowest BCUT2D eigenvalue weighted by atomic mass is 9.89. The van der Waals surface area contributed by atoms with Gasteiger partial charge in [0.15, 0.2) is 11.4 Å². The summed E-state index contributed by atoms with van der Waals surface area (Å²) in [6, 6.07) is 0. The Kier molecular flexibility index (Phi) is 6.52. The van der Waals surface area contributed by atoms with Gasteiger partial charge < -0.3 is 4.74 Å². The van der Waals surface area contributed by atoms with Gasteiger partial charge in [0.05, 0.1) is 6.61 Å². The van der Waals surface area contributed by atoms with Gasteiger partial charge in [0.2, 0.25) is 0 Å². The Labute approximate surface area is 164 Å². The molecule has 0 radical (unpaired) electrons. The Hall–Kier alpha value is -2.44. The van der Waals surface area contributed by atoms with E-state index in [1.165, 1.54) is 0 Å². The maximum Gasteiger partial charge on any atom is 0.460 e. The minimum absolute atomic E-state index is 0.680. The smallest absolute Gasteiger partial charge is 0.460 e. The SMILES string of the molecule is CCOC(=O)c1n[nH]nc1C(F)(F)C(F)(F)C(F)(F)C(F)(F)C(F)(F)C(F)(F)C(F)(F)F. The van der Waals surface area contributed by atoms with Gasteiger partial charge in [-0.1, -0.05) is 0 Å². The molecule has 20 heteroatoms. The van der Waals surface area contributed by atoms with Crippen molar-refractivity contribution in [1.82, 2.24) is 15.4 Å². The van der Waals surface area contributed by atoms with Crippen molar-refractivity contribution in [3.63, 3.8) is 0 Å². The van der Waals surface area contributed by atoms with E-state index < -0.39 is 65.7 Å². The second-order valence-corrected chi connectivity index (χ2v) is 5.69. The molecule has 0 amide bonds. The number of carbonyl (C=O) groups excluding carboxylic acids is 1. The highest BCUT2D eigenvalue weighted by Gasteiger charge is 2.93. The maximum atomic E-state index is 14.0. The highest BCUT2D eigenvalue weighted by molar-refractivity contribution is 5.88. The van der Waals surface area contributed by atoms with E-state index in [1.54, 1.807) is 0 Å². The van der Waals surface area contributed by atoms with Crippen molar-refractivity contribution in [2.75, 3.05) is 6.61 Å². The van der Waals surface area contributed by atoms with Crippen molar-refractivity contribution in [2.24, 2.45) is 0 Å². The van der Waals surface area contributed by atoms with Gasteiger partial charge in [-0.05, 0) is 6.92 Å². The van der Waals surface area contributed by atoms with Crippen LogP contribution in [-0.2, 0) is 10.7 Å². The second-order valence-electron chi connectivity index (χ2n) is 5.69. The van der Waals surface area contributed by atoms with E-state index in [-0.39, 0.29) is 0 Å². The quantitative estimate of drug-likeness (QED) is 0.404. The lowest BCUT2D eigenvalue weighted by molar-refractivity contribution is -0.454. The third kappa shape index (κ3) is 3.50. The van der Waals surface area contributed by atoms with Crippen molar-refractivity contribution in [3.05, 3.63) is 11.4 Å². The summed E-state index contributed by atoms with van der Waals surface area (Å²) in [6.45, 7) is 0.322. The number of H-pyrrole nitrogens is 1. The third-order valence-corrected chi connectivity index (χ3v) is 3.64. The van der Waals surface area contributed by atoms with Crippen LogP contribution >= 0.6 is 0 Å². The molecule has 0 bridgehead atoms. The van der Waals surface area contributed by atoms with E-state index in [2.05, 4.69) is 14.9 Å². The van der Waals surface area contributed by atoms with Crippen molar-refractivity contribution in [3.8, 4) is 0 Å². The number of ether oxygens (including phenoxy) is 1. The average Bonchev–Trinajstić information content (AvgIpc) is 3.10. The zero-order valence-electron chi connectivity index (χ0n) is 14.6. The number of hydrogen-bond donors (Lipinski definition) is 1. The van der Waals surface area contributed by atoms with E-state index in [4.69, 9.17) is 0 Å². The second kappa shape index (κ2) is 7.56. The summed E-state index contributed by atoms with van der Waals surface area (Å²) in [5.74, 6) is -50.0. The average molecular weight is 509 g/mol. The fourth-order valence-corrected chi connectivity index (χ4v) is 1.91. The van der Waals surface area contributed by atoms with Gasteiger partial charge in [0, 0.05) is 0 Å². The molecule has 0 aromatic carbocycles. The molecule has 186 valence electrons. The number of nitrogens with one attached hydrogen (secondary N) is 1. The summed E-state index contributed by atoms with van der Waals surface area (Å²) < 4.78 is 202. The van der Waals surface area contributed by atoms with Gasteiger partial charge >= 0.3 is 47.7 Å². The molecule has 0 atom stereocenters. The van der Waals surface area contributed by atoms with E-state index in [0.29, 0.717) is 0 Å². The van der Waals surface area contributed by atoms with Gasteiger partial charge in [-0.25, -0.2) is 4.79 Å². The standard InChI is InChI=1S/C12H6F15N3O2/c1-2-32-5(31)3-4(29-30-28-3)6(13,14)7(15,16)8(17,18)9(19,20)10(21,22)11(23,24)12(25,26)27/h2H2,1H3,(H,28,29,30). The zero-order valence-corrected chi connectivity index (χ0v) is 14.6. The van der Waals surface area contributed by atoms with Crippen LogP contribution in [0.3, 0.4) is 0 Å². The van der Waals surface area contributed by atoms with Crippen LogP contribution in [0, 0.1) is 0 Å². The van der Waals surface area contributed by atoms with Crippen molar-refractivity contribution in [2.45, 2.75) is 48.6 Å². The Morgan fingerprint density at radius 3 is 1.53 bits per heavy atom. The molecule has 0 aliphatic rings. The summed E-state index contributed by atoms with van der Waals surface area (Å²) in [7, 11) is 0. The number of nitrogens with zero attached hydrogens (tertiary/aromatic N) is 2. The Bertz CT molecular complexity index is 845. The Morgan fingerprint density at radius 2 is 1.12 bits per heavy atom. The molecule has 0 unspecified atom stereocenters. The fourth-order valence-electron chi connectivity index (χ4n) is 1.91. The van der Waals surface area contributed by atoms with Crippen LogP contribution in [-0.4, -0.2) is 63.8 Å². The molecule has 1 aromatic heterocycles. The largest absolute Gasteiger partial charge is 0.461 e. The molecule has 0 aliphatic carbocycles. The van der Waals surface area contributed by atoms with Crippen molar-refractivity contribution < 1.29 is 75.4 Å². The van der Waals surface area contributed by atoms with Crippen LogP contribution in [0.15, 0.2) is 0 Å². The number of alkyl halides is 15. The van der Waals surface area contributed by atoms with E-state index in [0.717, 1.165) is 12.1 Å². The van der Waals surface area contributed by atoms with Crippen molar-refractivity contribution in [1.29, 1.82) is 0 Å². The number of aromatic nitrogens is 3. The van der Waals surface area contributed by atoms with Gasteiger partial charge in [-0.15, -0.1) is 5.10 Å². The monoisotopic (exact) mass is 509 g/mol. The van der Waals surface area contributed by atoms with Gasteiger partial charge in [-0.2, -0.15) is 76.2 Å². The Balaban J connectivity index is 3.68. The predicted molar refractivity (Wildman–Crippen MR) is 67.0 cm³/mol. The molecule has 5 nitrogen and oxygen atoms in total. The normalized spacial score (nSPS) is 15.1. The van der Waals surface area contributed by atoms with Crippen LogP contribution in [0.4, 0.5) is 65.9 Å². The van der Waals surface area contributed by atoms with E-state index >= 15 is 0 Å². The first kappa shape index (κ1) is 27.6. The topological polar surface area (TPSA) is 67.9 Å². The molecule has 32 heavy (non-hydrogen) atoms. The lowest BCUT2D eigenvalue weighted by Gasteiger charge is -2.41. The predicted octanol–water partition coefficient (Wildman–Crippen LogP) is 4.81. The highest BCUT2D eigenvalue weighted by Crippen LogP contribution is 2.63. The molecule has 0 spiro atoms. The first-order chi connectivity index (χ1) is 14.0. The lowest BCUT2D eigenvalue weighted by Crippen LogP contribution is -2.72. The summed E-state index contributed by atoms with van der Waals surface area (Å²) in [4.78, 5) is 11.3. The molecule has 1 aromatic rings. The summed E-state index contributed by atoms with van der Waals surface area (Å²) in [5.41, 5.74) is -4.93. The van der Waals surface area contributed by atoms with E-state index in [1.807, 2.05) is 0 Å². The van der Waals surface area contributed by atoms with Crippen LogP contribution in [0.2, 0.25) is 0 Å². The molecular formula is C12H6F15N3O2. The number of rotatable bonds is 8. The number of carbonyl (C=O) groups is 1. The molecule has 1 N–H and O–H groups in total. The first-order valence-corrected chi connectivity index (χ1v) is 7.38. The third-order valence-electron chi connectivity index (χ3n) is 3.64. The first-order valence-electron chi connectivity index (χ1n) is 7.38. The zero-order chi connectivity index (χ0) is 25.8. The van der Waals surface area contributed by atoms with Crippen LogP contribution in [0.5, 0.6) is 0 Å². The van der Waals surface area contributed by atoms with Crippen LogP contribution < -0.4 is 0 Å². The van der Waals surface area contributed by atoms with Gasteiger partial charge in [0.1, 0.15) is 0 Å². The molecule has 0 saturated carbocycles. The molecule has 0 saturated heterocycles. The number of hydrogen-bond acceptors (Lipinski definition) is 4. The maximum absolute atomic E-state index is 14.0. The van der Waals surface area contributed by atoms with Crippen LogP contribution in [0.25, 0.3) is 0 Å².